The molecule has 1 N–H and O–H groups in total. The summed E-state index contributed by atoms with van der Waals surface area (Å²) in [5, 5.41) is 7.35. The fourth-order valence-electron chi connectivity index (χ4n) is 3.68. The van der Waals surface area contributed by atoms with E-state index in [1.807, 2.05) is 66.7 Å². The molecule has 0 radical (unpaired) electrons. The normalized spacial score (nSPS) is 12.1. The average Bonchev–Trinajstić information content (AvgIpc) is 3.26. The van der Waals surface area contributed by atoms with E-state index in [-0.39, 0.29) is 5.91 Å². The molecule has 184 valence electrons. The van der Waals surface area contributed by atoms with Crippen LogP contribution in [0, 0.1) is 0 Å². The largest absolute Gasteiger partial charge is 0.481 e. The van der Waals surface area contributed by atoms with Crippen LogP contribution in [0.4, 0.5) is 0 Å². The number of ether oxygens (including phenoxy) is 2. The number of nitrogens with one attached hydrogen (secondary N) is 1. The Morgan fingerprint density at radius 2 is 1.62 bits per heavy atom. The van der Waals surface area contributed by atoms with Gasteiger partial charge in [0, 0.05) is 10.1 Å². The Labute approximate surface area is 222 Å². The van der Waals surface area contributed by atoms with Gasteiger partial charge in [0.05, 0.1) is 11.2 Å². The highest BCUT2D eigenvalue weighted by Crippen LogP contribution is 2.35. The fourth-order valence-corrected chi connectivity index (χ4v) is 5.07. The zero-order valence-corrected chi connectivity index (χ0v) is 21.3. The molecule has 0 spiro atoms. The number of amides is 1. The lowest BCUT2D eigenvalue weighted by Gasteiger charge is -2.13. The maximum atomic E-state index is 12.6. The molecule has 1 amide bonds. The number of hydrazone groups is 1. The minimum Gasteiger partial charge on any atom is -0.481 e. The molecule has 8 heteroatoms. The van der Waals surface area contributed by atoms with E-state index in [0.29, 0.717) is 27.0 Å². The molecule has 0 fully saturated rings. The van der Waals surface area contributed by atoms with Crippen molar-refractivity contribution in [3.63, 3.8) is 0 Å². The van der Waals surface area contributed by atoms with E-state index < -0.39 is 12.1 Å². The number of rotatable bonds is 7. The Morgan fingerprint density at radius 3 is 2.41 bits per heavy atom. The summed E-state index contributed by atoms with van der Waals surface area (Å²) in [5.41, 5.74) is 3.19. The lowest BCUT2D eigenvalue weighted by atomic mass is 10.1. The van der Waals surface area contributed by atoms with Gasteiger partial charge in [-0.1, -0.05) is 60.1 Å². The molecule has 1 heterocycles. The maximum absolute atomic E-state index is 12.6. The number of esters is 1. The summed E-state index contributed by atoms with van der Waals surface area (Å²) in [5.74, 6) is 0.0833. The lowest BCUT2D eigenvalue weighted by molar-refractivity contribution is -0.127. The molecular formula is C29H21ClN2O4S. The average molecular weight is 529 g/mol. The summed E-state index contributed by atoms with van der Waals surface area (Å²) < 4.78 is 12.2. The van der Waals surface area contributed by atoms with Crippen LogP contribution in [0.25, 0.3) is 20.9 Å². The Bertz CT molecular complexity index is 1630. The van der Waals surface area contributed by atoms with E-state index >= 15 is 0 Å². The molecule has 6 nitrogen and oxygen atoms in total. The monoisotopic (exact) mass is 528 g/mol. The van der Waals surface area contributed by atoms with E-state index in [1.165, 1.54) is 17.6 Å². The van der Waals surface area contributed by atoms with Gasteiger partial charge in [-0.25, -0.2) is 10.2 Å². The van der Waals surface area contributed by atoms with E-state index in [9.17, 15) is 9.59 Å². The van der Waals surface area contributed by atoms with Gasteiger partial charge < -0.3 is 9.47 Å². The van der Waals surface area contributed by atoms with Crippen molar-refractivity contribution in [2.45, 2.75) is 13.0 Å². The third-order valence-corrected chi connectivity index (χ3v) is 7.26. The lowest BCUT2D eigenvalue weighted by Crippen LogP contribution is -2.33. The van der Waals surface area contributed by atoms with Crippen molar-refractivity contribution < 1.29 is 19.1 Å². The third-order valence-electron chi connectivity index (χ3n) is 5.60. The first kappa shape index (κ1) is 24.5. The molecule has 0 saturated carbocycles. The van der Waals surface area contributed by atoms with E-state index in [4.69, 9.17) is 21.1 Å². The summed E-state index contributed by atoms with van der Waals surface area (Å²) in [6, 6.07) is 27.9. The summed E-state index contributed by atoms with van der Waals surface area (Å²) in [6.45, 7) is 1.66. The van der Waals surface area contributed by atoms with Crippen molar-refractivity contribution >= 4 is 61.9 Å². The molecule has 0 aliphatic carbocycles. The molecule has 1 aromatic heterocycles. The highest BCUT2D eigenvalue weighted by Gasteiger charge is 2.19. The van der Waals surface area contributed by atoms with Crippen LogP contribution in [0.5, 0.6) is 11.5 Å². The number of carbonyl (C=O) groups excluding carboxylic acids is 2. The number of halogens is 1. The van der Waals surface area contributed by atoms with E-state index in [1.54, 1.807) is 31.2 Å². The predicted molar refractivity (Wildman–Crippen MR) is 148 cm³/mol. The second-order valence-corrected chi connectivity index (χ2v) is 9.63. The number of nitrogens with zero attached hydrogens (tertiary/aromatic N) is 1. The predicted octanol–water partition coefficient (Wildman–Crippen LogP) is 6.84. The first-order valence-corrected chi connectivity index (χ1v) is 12.6. The molecule has 5 aromatic rings. The fraction of sp³-hybridized carbons (Fsp3) is 0.0690. The van der Waals surface area contributed by atoms with E-state index in [2.05, 4.69) is 10.5 Å². The standard InChI is InChI=1S/C29H21ClN2O4S/c1-18(35-23-15-12-20-6-2-3-7-21(20)16-23)28(33)32-31-17-19-10-13-22(14-11-19)36-29(34)27-26(30)24-8-4-5-9-25(24)37-27/h2-18H,1H3,(H,32,33)/b31-17-/t18-/m0/s1. The maximum Gasteiger partial charge on any atom is 0.355 e. The van der Waals surface area contributed by atoms with Crippen molar-refractivity contribution in [2.75, 3.05) is 0 Å². The number of carbonyl (C=O) groups is 2. The first-order valence-electron chi connectivity index (χ1n) is 11.5. The molecule has 0 saturated heterocycles. The topological polar surface area (TPSA) is 77.0 Å². The highest BCUT2D eigenvalue weighted by atomic mass is 35.5. The number of hydrogen-bond acceptors (Lipinski definition) is 6. The summed E-state index contributed by atoms with van der Waals surface area (Å²) >= 11 is 7.66. The van der Waals surface area contributed by atoms with Gasteiger partial charge in [0.15, 0.2) is 6.10 Å². The minimum atomic E-state index is -0.735. The molecule has 1 atom stereocenters. The number of thiophene rings is 1. The van der Waals surface area contributed by atoms with Crippen LogP contribution in [0.1, 0.15) is 22.2 Å². The smallest absolute Gasteiger partial charge is 0.355 e. The molecular weight excluding hydrogens is 508 g/mol. The Hall–Kier alpha value is -4.20. The zero-order chi connectivity index (χ0) is 25.8. The first-order chi connectivity index (χ1) is 18.0. The quantitative estimate of drug-likeness (QED) is 0.108. The van der Waals surface area contributed by atoms with Crippen LogP contribution >= 0.6 is 22.9 Å². The molecule has 0 aliphatic rings. The van der Waals surface area contributed by atoms with Gasteiger partial charge in [-0.2, -0.15) is 5.10 Å². The van der Waals surface area contributed by atoms with Crippen LogP contribution in [0.15, 0.2) is 96.1 Å². The van der Waals surface area contributed by atoms with Crippen molar-refractivity contribution in [3.8, 4) is 11.5 Å². The summed E-state index contributed by atoms with van der Waals surface area (Å²) in [6.07, 6.45) is 0.760. The molecule has 4 aromatic carbocycles. The van der Waals surface area contributed by atoms with Gasteiger partial charge >= 0.3 is 5.97 Å². The van der Waals surface area contributed by atoms with E-state index in [0.717, 1.165) is 20.9 Å². The van der Waals surface area contributed by atoms with Gasteiger partial charge in [0.2, 0.25) is 0 Å². The second kappa shape index (κ2) is 10.8. The van der Waals surface area contributed by atoms with Gasteiger partial charge in [0.1, 0.15) is 16.4 Å². The molecule has 37 heavy (non-hydrogen) atoms. The van der Waals surface area contributed by atoms with Crippen LogP contribution in [0.3, 0.4) is 0 Å². The van der Waals surface area contributed by atoms with Crippen molar-refractivity contribution in [1.29, 1.82) is 0 Å². The Morgan fingerprint density at radius 1 is 0.919 bits per heavy atom. The van der Waals surface area contributed by atoms with Crippen molar-refractivity contribution in [1.82, 2.24) is 5.43 Å². The number of benzene rings is 4. The summed E-state index contributed by atoms with van der Waals surface area (Å²) in [4.78, 5) is 25.4. The molecule has 0 unspecified atom stereocenters. The summed E-state index contributed by atoms with van der Waals surface area (Å²) in [7, 11) is 0. The van der Waals surface area contributed by atoms with Gasteiger partial charge in [0.25, 0.3) is 5.91 Å². The van der Waals surface area contributed by atoms with Crippen LogP contribution in [-0.4, -0.2) is 24.2 Å². The highest BCUT2D eigenvalue weighted by molar-refractivity contribution is 7.21. The SMILES string of the molecule is C[C@H](Oc1ccc2ccccc2c1)C(=O)N/N=C\c1ccc(OC(=O)c2sc3ccccc3c2Cl)cc1. The van der Waals surface area contributed by atoms with Crippen LogP contribution in [-0.2, 0) is 4.79 Å². The van der Waals surface area contributed by atoms with Gasteiger partial charge in [-0.15, -0.1) is 11.3 Å². The van der Waals surface area contributed by atoms with Crippen molar-refractivity contribution in [2.24, 2.45) is 5.10 Å². The third kappa shape index (κ3) is 5.63. The Balaban J connectivity index is 1.15. The number of hydrogen-bond donors (Lipinski definition) is 1. The molecule has 0 aliphatic heterocycles. The van der Waals surface area contributed by atoms with Gasteiger partial charge in [-0.3, -0.25) is 4.79 Å². The van der Waals surface area contributed by atoms with Crippen LogP contribution in [0.2, 0.25) is 5.02 Å². The van der Waals surface area contributed by atoms with Crippen LogP contribution < -0.4 is 14.9 Å². The molecule has 5 rings (SSSR count). The number of fused-ring (bicyclic) bond motifs is 2. The minimum absolute atomic E-state index is 0.358. The zero-order valence-electron chi connectivity index (χ0n) is 19.7. The molecule has 0 bridgehead atoms. The van der Waals surface area contributed by atoms with Gasteiger partial charge in [-0.05, 0) is 65.7 Å². The van der Waals surface area contributed by atoms with Crippen molar-refractivity contribution in [3.05, 3.63) is 106 Å². The second-order valence-electron chi connectivity index (χ2n) is 8.20. The Kier molecular flexibility index (Phi) is 7.16.